The van der Waals surface area contributed by atoms with Crippen LogP contribution >= 0.6 is 0 Å². The van der Waals surface area contributed by atoms with Crippen molar-refractivity contribution in [1.82, 2.24) is 0 Å². The zero-order valence-corrected chi connectivity index (χ0v) is 8.09. The summed E-state index contributed by atoms with van der Waals surface area (Å²) in [6.07, 6.45) is 4.97. The Hall–Kier alpha value is 0.177. The summed E-state index contributed by atoms with van der Waals surface area (Å²) in [4.78, 5) is 0. The van der Waals surface area contributed by atoms with Crippen molar-refractivity contribution in [3.8, 4) is 0 Å². The van der Waals surface area contributed by atoms with Crippen LogP contribution in [0.2, 0.25) is 6.04 Å². The fourth-order valence-electron chi connectivity index (χ4n) is 1.94. The molecule has 0 aromatic heterocycles. The Kier molecular flexibility index (Phi) is 1.83. The SMILES string of the molecule is CC[SiH2]C1CCC2CC2O1. The van der Waals surface area contributed by atoms with E-state index in [-0.39, 0.29) is 9.52 Å². The highest BCUT2D eigenvalue weighted by atomic mass is 28.2. The summed E-state index contributed by atoms with van der Waals surface area (Å²) in [5, 5.41) is 0. The van der Waals surface area contributed by atoms with Gasteiger partial charge in [-0.2, -0.15) is 0 Å². The molecule has 1 saturated carbocycles. The zero-order chi connectivity index (χ0) is 6.97. The van der Waals surface area contributed by atoms with Crippen molar-refractivity contribution in [3.05, 3.63) is 0 Å². The summed E-state index contributed by atoms with van der Waals surface area (Å²) in [5.74, 6) is 0.988. The molecule has 58 valence electrons. The van der Waals surface area contributed by atoms with Crippen LogP contribution in [0, 0.1) is 5.92 Å². The molecule has 10 heavy (non-hydrogen) atoms. The molecule has 3 unspecified atom stereocenters. The number of ether oxygens (including phenoxy) is 1. The third-order valence-corrected chi connectivity index (χ3v) is 4.52. The summed E-state index contributed by atoms with van der Waals surface area (Å²) >= 11 is 0. The van der Waals surface area contributed by atoms with Crippen LogP contribution in [0.1, 0.15) is 26.2 Å². The highest BCUT2D eigenvalue weighted by molar-refractivity contribution is 6.37. The molecule has 1 aliphatic heterocycles. The molecule has 3 atom stereocenters. The average molecular weight is 156 g/mol. The van der Waals surface area contributed by atoms with Gasteiger partial charge in [-0.1, -0.05) is 13.0 Å². The van der Waals surface area contributed by atoms with Crippen LogP contribution in [-0.2, 0) is 4.74 Å². The van der Waals surface area contributed by atoms with Gasteiger partial charge in [-0.15, -0.1) is 0 Å². The molecule has 2 fully saturated rings. The molecule has 0 aromatic rings. The first-order valence-corrected chi connectivity index (χ1v) is 6.37. The molecule has 2 rings (SSSR count). The molecule has 0 bridgehead atoms. The van der Waals surface area contributed by atoms with Gasteiger partial charge < -0.3 is 4.74 Å². The normalized spacial score (nSPS) is 45.9. The molecule has 1 heterocycles. The van der Waals surface area contributed by atoms with E-state index in [2.05, 4.69) is 6.92 Å². The molecule has 0 N–H and O–H groups in total. The highest BCUT2D eigenvalue weighted by Crippen LogP contribution is 2.43. The second kappa shape index (κ2) is 2.66. The van der Waals surface area contributed by atoms with Crippen LogP contribution in [0.15, 0.2) is 0 Å². The summed E-state index contributed by atoms with van der Waals surface area (Å²) < 4.78 is 5.86. The highest BCUT2D eigenvalue weighted by Gasteiger charge is 2.42. The Morgan fingerprint density at radius 3 is 3.10 bits per heavy atom. The minimum atomic E-state index is 0.149. The average Bonchev–Trinajstić information content (AvgIpc) is 2.66. The van der Waals surface area contributed by atoms with Gasteiger partial charge in [-0.05, 0) is 25.2 Å². The van der Waals surface area contributed by atoms with Crippen LogP contribution in [-0.4, -0.2) is 21.4 Å². The van der Waals surface area contributed by atoms with Gasteiger partial charge in [-0.3, -0.25) is 0 Å². The molecule has 0 radical (unpaired) electrons. The fraction of sp³-hybridized carbons (Fsp3) is 1.00. The third-order valence-electron chi connectivity index (χ3n) is 2.70. The van der Waals surface area contributed by atoms with E-state index >= 15 is 0 Å². The predicted molar refractivity (Wildman–Crippen MR) is 45.0 cm³/mol. The van der Waals surface area contributed by atoms with Gasteiger partial charge in [0.15, 0.2) is 0 Å². The van der Waals surface area contributed by atoms with Crippen molar-refractivity contribution < 1.29 is 4.74 Å². The second-order valence-electron chi connectivity index (χ2n) is 3.66. The van der Waals surface area contributed by atoms with Crippen LogP contribution < -0.4 is 0 Å². The lowest BCUT2D eigenvalue weighted by atomic mass is 10.2. The Labute approximate surface area is 65.0 Å². The largest absolute Gasteiger partial charge is 0.379 e. The fourth-order valence-corrected chi connectivity index (χ4v) is 3.49. The van der Waals surface area contributed by atoms with Crippen molar-refractivity contribution in [2.24, 2.45) is 5.92 Å². The van der Waals surface area contributed by atoms with Gasteiger partial charge in [-0.25, -0.2) is 0 Å². The van der Waals surface area contributed by atoms with E-state index in [1.165, 1.54) is 25.3 Å². The van der Waals surface area contributed by atoms with Crippen molar-refractivity contribution in [2.45, 2.75) is 44.1 Å². The van der Waals surface area contributed by atoms with Gasteiger partial charge in [0.25, 0.3) is 0 Å². The summed E-state index contributed by atoms with van der Waals surface area (Å²) in [7, 11) is 0.149. The van der Waals surface area contributed by atoms with Crippen LogP contribution in [0.5, 0.6) is 0 Å². The Morgan fingerprint density at radius 1 is 1.50 bits per heavy atom. The predicted octanol–water partition coefficient (Wildman–Crippen LogP) is 1.12. The Bertz CT molecular complexity index is 126. The third kappa shape index (κ3) is 1.27. The molecule has 2 heteroatoms. The number of rotatable bonds is 2. The molecule has 2 aliphatic rings. The standard InChI is InChI=1S/C8H16OSi/c1-2-10-8-4-3-6-5-7(6)9-8/h6-8H,2-5,10H2,1H3. The first-order chi connectivity index (χ1) is 4.90. The minimum Gasteiger partial charge on any atom is -0.379 e. The number of hydrogen-bond acceptors (Lipinski definition) is 1. The lowest BCUT2D eigenvalue weighted by Gasteiger charge is -2.20. The monoisotopic (exact) mass is 156 g/mol. The van der Waals surface area contributed by atoms with E-state index in [1.54, 1.807) is 0 Å². The summed E-state index contributed by atoms with van der Waals surface area (Å²) in [6.45, 7) is 2.30. The maximum atomic E-state index is 5.86. The molecule has 0 aromatic carbocycles. The maximum absolute atomic E-state index is 5.86. The first kappa shape index (κ1) is 6.86. The van der Waals surface area contributed by atoms with E-state index in [9.17, 15) is 0 Å². The van der Waals surface area contributed by atoms with Crippen molar-refractivity contribution in [2.75, 3.05) is 0 Å². The van der Waals surface area contributed by atoms with Gasteiger partial charge in [0.1, 0.15) is 0 Å². The van der Waals surface area contributed by atoms with Crippen LogP contribution in [0.4, 0.5) is 0 Å². The molecular weight excluding hydrogens is 140 g/mol. The quantitative estimate of drug-likeness (QED) is 0.544. The number of fused-ring (bicyclic) bond motifs is 1. The van der Waals surface area contributed by atoms with Crippen LogP contribution in [0.25, 0.3) is 0 Å². The van der Waals surface area contributed by atoms with Gasteiger partial charge in [0.2, 0.25) is 0 Å². The van der Waals surface area contributed by atoms with Crippen molar-refractivity contribution in [1.29, 1.82) is 0 Å². The van der Waals surface area contributed by atoms with E-state index < -0.39 is 0 Å². The second-order valence-corrected chi connectivity index (χ2v) is 6.15. The molecule has 0 spiro atoms. The van der Waals surface area contributed by atoms with E-state index in [0.29, 0.717) is 0 Å². The van der Waals surface area contributed by atoms with Crippen molar-refractivity contribution >= 4 is 9.52 Å². The van der Waals surface area contributed by atoms with E-state index in [0.717, 1.165) is 17.7 Å². The topological polar surface area (TPSA) is 9.23 Å². The molecule has 0 amide bonds. The maximum Gasteiger partial charge on any atom is 0.0607 e. The molecule has 1 saturated heterocycles. The van der Waals surface area contributed by atoms with Crippen molar-refractivity contribution in [3.63, 3.8) is 0 Å². The Balaban J connectivity index is 1.77. The summed E-state index contributed by atoms with van der Waals surface area (Å²) in [5.41, 5.74) is 0.758. The first-order valence-electron chi connectivity index (χ1n) is 4.55. The van der Waals surface area contributed by atoms with Gasteiger partial charge in [0, 0.05) is 5.73 Å². The molecular formula is C8H16OSi. The van der Waals surface area contributed by atoms with Gasteiger partial charge >= 0.3 is 0 Å². The zero-order valence-electron chi connectivity index (χ0n) is 6.68. The van der Waals surface area contributed by atoms with Gasteiger partial charge in [0.05, 0.1) is 15.6 Å². The smallest absolute Gasteiger partial charge is 0.0607 e. The molecule has 1 nitrogen and oxygen atoms in total. The van der Waals surface area contributed by atoms with E-state index in [4.69, 9.17) is 4.74 Å². The molecule has 1 aliphatic carbocycles. The lowest BCUT2D eigenvalue weighted by Crippen LogP contribution is -2.25. The number of hydrogen-bond donors (Lipinski definition) is 0. The van der Waals surface area contributed by atoms with E-state index in [1.807, 2.05) is 0 Å². The lowest BCUT2D eigenvalue weighted by molar-refractivity contribution is 0.0491. The van der Waals surface area contributed by atoms with Crippen LogP contribution in [0.3, 0.4) is 0 Å². The Morgan fingerprint density at radius 2 is 2.40 bits per heavy atom. The summed E-state index contributed by atoms with van der Waals surface area (Å²) in [6, 6.07) is 1.42. The minimum absolute atomic E-state index is 0.149.